The summed E-state index contributed by atoms with van der Waals surface area (Å²) in [7, 11) is 0. The first-order valence-corrected chi connectivity index (χ1v) is 14.4. The van der Waals surface area contributed by atoms with Crippen LogP contribution in [-0.2, 0) is 22.6 Å². The zero-order valence-electron chi connectivity index (χ0n) is 22.8. The van der Waals surface area contributed by atoms with Crippen molar-refractivity contribution in [2.45, 2.75) is 76.9 Å². The molecule has 3 aromatic rings. The maximum Gasteiger partial charge on any atom is 0.243 e. The van der Waals surface area contributed by atoms with Gasteiger partial charge in [0.25, 0.3) is 0 Å². The van der Waals surface area contributed by atoms with Crippen LogP contribution < -0.4 is 10.1 Å². The molecule has 2 amide bonds. The molecule has 5 nitrogen and oxygen atoms in total. The summed E-state index contributed by atoms with van der Waals surface area (Å²) < 4.78 is 5.86. The van der Waals surface area contributed by atoms with E-state index < -0.39 is 6.04 Å². The van der Waals surface area contributed by atoms with Crippen molar-refractivity contribution < 1.29 is 14.3 Å². The van der Waals surface area contributed by atoms with Gasteiger partial charge < -0.3 is 15.0 Å². The Morgan fingerprint density at radius 2 is 1.62 bits per heavy atom. The number of hydrogen-bond acceptors (Lipinski definition) is 3. The number of nitrogens with one attached hydrogen (secondary N) is 1. The van der Waals surface area contributed by atoms with Crippen molar-refractivity contribution in [3.63, 3.8) is 0 Å². The maximum atomic E-state index is 13.8. The topological polar surface area (TPSA) is 58.6 Å². The lowest BCUT2D eigenvalue weighted by Gasteiger charge is -2.33. The third-order valence-electron chi connectivity index (χ3n) is 7.31. The first-order valence-electron chi connectivity index (χ1n) is 14.1. The normalized spacial score (nSPS) is 14.4. The molecule has 39 heavy (non-hydrogen) atoms. The van der Waals surface area contributed by atoms with E-state index in [0.29, 0.717) is 37.4 Å². The smallest absolute Gasteiger partial charge is 0.243 e. The second-order valence-corrected chi connectivity index (χ2v) is 10.9. The van der Waals surface area contributed by atoms with Gasteiger partial charge in [-0.3, -0.25) is 9.59 Å². The Morgan fingerprint density at radius 3 is 2.31 bits per heavy atom. The third kappa shape index (κ3) is 9.14. The van der Waals surface area contributed by atoms with Gasteiger partial charge in [0, 0.05) is 30.5 Å². The van der Waals surface area contributed by atoms with Gasteiger partial charge in [-0.25, -0.2) is 0 Å². The molecule has 6 heteroatoms. The fraction of sp³-hybridized carbons (Fsp3) is 0.394. The molecule has 0 saturated heterocycles. The zero-order valence-corrected chi connectivity index (χ0v) is 23.5. The number of carbonyl (C=O) groups excluding carboxylic acids is 2. The first-order chi connectivity index (χ1) is 19.0. The number of amides is 2. The van der Waals surface area contributed by atoms with E-state index in [4.69, 9.17) is 16.3 Å². The molecule has 0 aromatic heterocycles. The van der Waals surface area contributed by atoms with Gasteiger partial charge in [0.2, 0.25) is 11.8 Å². The minimum absolute atomic E-state index is 0.0582. The standard InChI is InChI=1S/C33H39ClN2O3/c1-25-14-20-30(21-15-25)39-22-8-13-32(37)36(24-27-16-18-28(34)19-17-27)31(23-26-9-4-2-5-10-26)33(38)35-29-11-6-3-7-12-29/h2,4-5,9-10,14-21,29,31H,3,6-8,11-13,22-24H2,1H3,(H,35,38)/t31-/m0/s1. The number of halogens is 1. The molecule has 0 heterocycles. The lowest BCUT2D eigenvalue weighted by molar-refractivity contribution is -0.141. The average Bonchev–Trinajstić information content (AvgIpc) is 2.96. The SMILES string of the molecule is Cc1ccc(OCCCC(=O)N(Cc2ccc(Cl)cc2)[C@@H](Cc2ccccc2)C(=O)NC2CCCCC2)cc1. The largest absolute Gasteiger partial charge is 0.494 e. The molecule has 3 aromatic carbocycles. The molecule has 1 saturated carbocycles. The summed E-state index contributed by atoms with van der Waals surface area (Å²) >= 11 is 6.12. The molecule has 1 aliphatic rings. The van der Waals surface area contributed by atoms with Crippen LogP contribution in [0.2, 0.25) is 5.02 Å². The van der Waals surface area contributed by atoms with Gasteiger partial charge in [0.15, 0.2) is 0 Å². The van der Waals surface area contributed by atoms with Crippen molar-refractivity contribution in [3.8, 4) is 5.75 Å². The molecule has 0 unspecified atom stereocenters. The zero-order chi connectivity index (χ0) is 27.5. The highest BCUT2D eigenvalue weighted by Gasteiger charge is 2.31. The summed E-state index contributed by atoms with van der Waals surface area (Å²) in [6.07, 6.45) is 6.76. The quantitative estimate of drug-likeness (QED) is 0.251. The van der Waals surface area contributed by atoms with Crippen molar-refractivity contribution in [1.29, 1.82) is 0 Å². The number of rotatable bonds is 12. The second-order valence-electron chi connectivity index (χ2n) is 10.5. The molecule has 1 fully saturated rings. The molecule has 1 atom stereocenters. The van der Waals surface area contributed by atoms with Crippen LogP contribution in [0.25, 0.3) is 0 Å². The van der Waals surface area contributed by atoms with E-state index >= 15 is 0 Å². The van der Waals surface area contributed by atoms with E-state index in [9.17, 15) is 9.59 Å². The van der Waals surface area contributed by atoms with Gasteiger partial charge in [-0.15, -0.1) is 0 Å². The van der Waals surface area contributed by atoms with E-state index in [2.05, 4.69) is 5.32 Å². The molecule has 206 valence electrons. The summed E-state index contributed by atoms with van der Waals surface area (Å²) in [5.74, 6) is 0.654. The number of hydrogen-bond donors (Lipinski definition) is 1. The van der Waals surface area contributed by atoms with Gasteiger partial charge in [-0.2, -0.15) is 0 Å². The highest BCUT2D eigenvalue weighted by molar-refractivity contribution is 6.30. The van der Waals surface area contributed by atoms with Crippen LogP contribution in [0.15, 0.2) is 78.9 Å². The van der Waals surface area contributed by atoms with Gasteiger partial charge >= 0.3 is 0 Å². The second kappa shape index (κ2) is 14.7. The number of aryl methyl sites for hydroxylation is 1. The van der Waals surface area contributed by atoms with Crippen LogP contribution in [0.1, 0.15) is 61.6 Å². The molecule has 4 rings (SSSR count). The molecular weight excluding hydrogens is 508 g/mol. The Hall–Kier alpha value is -3.31. The Labute approximate surface area is 237 Å². The maximum absolute atomic E-state index is 13.8. The number of benzene rings is 3. The van der Waals surface area contributed by atoms with Crippen LogP contribution in [0.5, 0.6) is 5.75 Å². The van der Waals surface area contributed by atoms with Crippen LogP contribution in [0.4, 0.5) is 0 Å². The van der Waals surface area contributed by atoms with Gasteiger partial charge in [0.1, 0.15) is 11.8 Å². The Kier molecular flexibility index (Phi) is 10.8. The molecule has 0 spiro atoms. The lowest BCUT2D eigenvalue weighted by atomic mass is 9.94. The number of ether oxygens (including phenoxy) is 1. The minimum atomic E-state index is -0.615. The number of carbonyl (C=O) groups is 2. The molecule has 0 radical (unpaired) electrons. The Bertz CT molecular complexity index is 1180. The van der Waals surface area contributed by atoms with E-state index in [-0.39, 0.29) is 17.9 Å². The Morgan fingerprint density at radius 1 is 0.923 bits per heavy atom. The highest BCUT2D eigenvalue weighted by atomic mass is 35.5. The van der Waals surface area contributed by atoms with Crippen LogP contribution in [0.3, 0.4) is 0 Å². The number of nitrogens with zero attached hydrogens (tertiary/aromatic N) is 1. The van der Waals surface area contributed by atoms with Gasteiger partial charge in [-0.1, -0.05) is 91.0 Å². The molecule has 0 aliphatic heterocycles. The molecule has 1 aliphatic carbocycles. The van der Waals surface area contributed by atoms with Gasteiger partial charge in [-0.05, 0) is 61.6 Å². The van der Waals surface area contributed by atoms with Crippen LogP contribution >= 0.6 is 11.6 Å². The third-order valence-corrected chi connectivity index (χ3v) is 7.57. The minimum Gasteiger partial charge on any atom is -0.494 e. The summed E-state index contributed by atoms with van der Waals surface area (Å²) in [5, 5.41) is 3.92. The fourth-order valence-electron chi connectivity index (χ4n) is 5.08. The highest BCUT2D eigenvalue weighted by Crippen LogP contribution is 2.21. The van der Waals surface area contributed by atoms with E-state index in [1.165, 1.54) is 12.0 Å². The predicted molar refractivity (Wildman–Crippen MR) is 157 cm³/mol. The van der Waals surface area contributed by atoms with Crippen molar-refractivity contribution in [2.24, 2.45) is 0 Å². The summed E-state index contributed by atoms with van der Waals surface area (Å²) in [6.45, 7) is 2.81. The van der Waals surface area contributed by atoms with Crippen molar-refractivity contribution in [3.05, 3.63) is 101 Å². The van der Waals surface area contributed by atoms with Crippen LogP contribution in [0, 0.1) is 6.92 Å². The fourth-order valence-corrected chi connectivity index (χ4v) is 5.20. The molecule has 1 N–H and O–H groups in total. The first kappa shape index (κ1) is 28.7. The van der Waals surface area contributed by atoms with E-state index in [1.54, 1.807) is 4.90 Å². The van der Waals surface area contributed by atoms with Crippen molar-refractivity contribution in [2.75, 3.05) is 6.61 Å². The summed E-state index contributed by atoms with van der Waals surface area (Å²) in [6, 6.07) is 24.9. The van der Waals surface area contributed by atoms with Gasteiger partial charge in [0.05, 0.1) is 6.61 Å². The average molecular weight is 547 g/mol. The monoisotopic (exact) mass is 546 g/mol. The summed E-state index contributed by atoms with van der Waals surface area (Å²) in [4.78, 5) is 29.3. The molecular formula is C33H39ClN2O3. The van der Waals surface area contributed by atoms with E-state index in [1.807, 2.05) is 85.8 Å². The van der Waals surface area contributed by atoms with Crippen molar-refractivity contribution in [1.82, 2.24) is 10.2 Å². The summed E-state index contributed by atoms with van der Waals surface area (Å²) in [5.41, 5.74) is 3.14. The Balaban J connectivity index is 1.51. The van der Waals surface area contributed by atoms with E-state index in [0.717, 1.165) is 42.6 Å². The molecule has 0 bridgehead atoms. The van der Waals surface area contributed by atoms with Crippen LogP contribution in [-0.4, -0.2) is 35.4 Å². The lowest BCUT2D eigenvalue weighted by Crippen LogP contribution is -2.52. The van der Waals surface area contributed by atoms with Crippen molar-refractivity contribution >= 4 is 23.4 Å². The predicted octanol–water partition coefficient (Wildman–Crippen LogP) is 6.90.